The molecule has 3 heterocycles. The zero-order chi connectivity index (χ0) is 66.0. The van der Waals surface area contributed by atoms with Crippen molar-refractivity contribution in [3.05, 3.63) is 112 Å². The largest absolute Gasteiger partial charge is 0.394 e. The molecular weight excluding hydrogens is 1350 g/mol. The van der Waals surface area contributed by atoms with E-state index in [9.17, 15) is 95.8 Å². The number of nitrogens with zero attached hydrogens (tertiary/aromatic N) is 10. The molecule has 470 valence electrons. The Kier molecular flexibility index (Phi) is 19.8. The van der Waals surface area contributed by atoms with E-state index in [4.69, 9.17) is 23.2 Å². The predicted octanol–water partition coefficient (Wildman–Crippen LogP) is 7.29. The Hall–Kier alpha value is -8.63. The maximum Gasteiger partial charge on any atom is 0.296 e. The number of anilines is 8. The molecule has 8 rings (SSSR count). The molecule has 0 amide bonds. The molecule has 0 saturated carbocycles. The molecular formula is C48H39Cl2N15O19S6. The van der Waals surface area contributed by atoms with Crippen LogP contribution in [-0.2, 0) is 50.6 Å². The summed E-state index contributed by atoms with van der Waals surface area (Å²) in [5, 5.41) is 87.4. The summed E-state index contributed by atoms with van der Waals surface area (Å²) in [5.74, 6) is -1.18. The maximum atomic E-state index is 12.9. The molecule has 14 N–H and O–H groups in total. The third-order valence-electron chi connectivity index (χ3n) is 12.0. The minimum Gasteiger partial charge on any atom is -0.394 e. The molecule has 1 atom stereocenters. The topological polar surface area (TPSA) is 561 Å². The van der Waals surface area contributed by atoms with E-state index < -0.39 is 122 Å². The zero-order valence-electron chi connectivity index (χ0n) is 44.6. The van der Waals surface area contributed by atoms with Gasteiger partial charge in [0.25, 0.3) is 50.6 Å². The van der Waals surface area contributed by atoms with E-state index in [1.165, 1.54) is 43.3 Å². The van der Waals surface area contributed by atoms with Crippen LogP contribution in [-0.4, -0.2) is 137 Å². The summed E-state index contributed by atoms with van der Waals surface area (Å²) in [6.45, 7) is 0.0497. The van der Waals surface area contributed by atoms with Gasteiger partial charge in [-0.25, -0.2) is 4.98 Å². The predicted molar refractivity (Wildman–Crippen MR) is 320 cm³/mol. The summed E-state index contributed by atoms with van der Waals surface area (Å²) in [5.41, 5.74) is -1.62. The van der Waals surface area contributed by atoms with Gasteiger partial charge in [-0.05, 0) is 85.3 Å². The first-order valence-corrected chi connectivity index (χ1v) is 33.1. The van der Waals surface area contributed by atoms with E-state index in [0.29, 0.717) is 29.5 Å². The zero-order valence-corrected chi connectivity index (χ0v) is 51.1. The molecule has 0 bridgehead atoms. The van der Waals surface area contributed by atoms with Gasteiger partial charge in [-0.3, -0.25) is 22.8 Å². The molecule has 3 aromatic heterocycles. The van der Waals surface area contributed by atoms with Gasteiger partial charge in [-0.15, -0.1) is 20.5 Å². The van der Waals surface area contributed by atoms with Crippen LogP contribution in [0.25, 0.3) is 21.9 Å². The van der Waals surface area contributed by atoms with Crippen LogP contribution in [0.4, 0.5) is 67.9 Å². The maximum absolute atomic E-state index is 12.9. The second-order valence-electron chi connectivity index (χ2n) is 18.2. The van der Waals surface area contributed by atoms with Crippen molar-refractivity contribution >= 4 is 164 Å². The number of nitriles is 2. The molecule has 5 aromatic carbocycles. The van der Waals surface area contributed by atoms with Crippen molar-refractivity contribution in [3.8, 4) is 23.3 Å². The van der Waals surface area contributed by atoms with Crippen LogP contribution < -0.4 is 26.6 Å². The van der Waals surface area contributed by atoms with E-state index in [1.54, 1.807) is 0 Å². The van der Waals surface area contributed by atoms with E-state index >= 15 is 0 Å². The number of aromatic nitrogens is 4. The number of nitrogens with one attached hydrogen (secondary N) is 5. The van der Waals surface area contributed by atoms with Gasteiger partial charge in [0.2, 0.25) is 17.8 Å². The second-order valence-corrected chi connectivity index (χ2v) is 27.0. The number of benzene rings is 5. The highest BCUT2D eigenvalue weighted by molar-refractivity contribution is 7.87. The third kappa shape index (κ3) is 15.9. The lowest BCUT2D eigenvalue weighted by atomic mass is 10.0. The summed E-state index contributed by atoms with van der Waals surface area (Å²) < 4.78 is 174. The first kappa shape index (κ1) is 67.3. The Labute approximate surface area is 521 Å². The quantitative estimate of drug-likeness (QED) is 0.0170. The van der Waals surface area contributed by atoms with Gasteiger partial charge in [0, 0.05) is 45.5 Å². The molecule has 1 unspecified atom stereocenters. The van der Waals surface area contributed by atoms with Crippen molar-refractivity contribution in [1.29, 1.82) is 10.5 Å². The smallest absolute Gasteiger partial charge is 0.296 e. The molecule has 8 aromatic rings. The molecule has 90 heavy (non-hydrogen) atoms. The van der Waals surface area contributed by atoms with Crippen LogP contribution in [0.1, 0.15) is 16.7 Å². The fourth-order valence-electron chi connectivity index (χ4n) is 7.97. The lowest BCUT2D eigenvalue weighted by molar-refractivity contribution is -0.0277. The summed E-state index contributed by atoms with van der Waals surface area (Å²) in [7, 11) is -26.1. The van der Waals surface area contributed by atoms with Gasteiger partial charge in [0.1, 0.15) is 48.0 Å². The number of halogens is 2. The average Bonchev–Trinajstić information content (AvgIpc) is 0.789. The fraction of sp³-hybridized carbons (Fsp3) is 0.125. The number of aliphatic hydroxyl groups excluding tert-OH is 3. The van der Waals surface area contributed by atoms with Crippen LogP contribution >= 0.6 is 34.5 Å². The molecule has 0 aliphatic rings. The molecule has 0 radical (unpaired) electrons. The number of rotatable bonds is 23. The number of hydrogen-bond acceptors (Lipinski definition) is 30. The minimum atomic E-state index is -5.48. The summed E-state index contributed by atoms with van der Waals surface area (Å²) >= 11 is 12.7. The van der Waals surface area contributed by atoms with Gasteiger partial charge in [-0.1, -0.05) is 46.7 Å². The number of pyridine rings is 1. The Balaban J connectivity index is 1.32. The van der Waals surface area contributed by atoms with E-state index in [0.717, 1.165) is 30.3 Å². The third-order valence-corrected chi connectivity index (χ3v) is 18.2. The fourth-order valence-corrected chi connectivity index (χ4v) is 12.9. The highest BCUT2D eigenvalue weighted by atomic mass is 35.5. The molecule has 0 aliphatic carbocycles. The molecule has 0 spiro atoms. The Morgan fingerprint density at radius 2 is 1.04 bits per heavy atom. The molecule has 0 aliphatic heterocycles. The number of thiophene rings is 1. The Morgan fingerprint density at radius 3 is 1.57 bits per heavy atom. The Morgan fingerprint density at radius 1 is 0.544 bits per heavy atom. The van der Waals surface area contributed by atoms with Gasteiger partial charge < -0.3 is 47.0 Å². The molecule has 42 heteroatoms. The van der Waals surface area contributed by atoms with Crippen LogP contribution in [0.3, 0.4) is 0 Å². The van der Waals surface area contributed by atoms with Gasteiger partial charge in [0.05, 0.1) is 45.4 Å². The van der Waals surface area contributed by atoms with E-state index in [-0.39, 0.29) is 102 Å². The average molecular weight is 1390 g/mol. The number of hydrogen-bond donors (Lipinski definition) is 14. The van der Waals surface area contributed by atoms with Crippen molar-refractivity contribution in [2.24, 2.45) is 20.5 Å². The standard InChI is InChI=1S/C48H39Cl2N15O19S6/c1-21-31(16-51)42(55-24-6-8-33(49)37(11-24)89(79,80)81)58-43(56-25-7-9-34(50)38(12-25)90(82,83)84)41(21)63-64-44-32(17-52)40(22-2-4-23(5-3-22)57-48-60-46(53-18-27(67)20-66)59-47(61-48)54-19-39(68)69)45(85-44)65-62-26-10-29-30(35(13-26)87(73,74)75)14-28(86(70,71)72)15-36(29)88(76,77)78/h2-15,27,39,66-69H,18-20H2,1H3,(H2,55,56,58)(H,70,71,72)(H,73,74,75)(H,76,77,78)(H,79,80,81)(H,82,83,84)(H3,53,54,57,59,60,61)/b64-63?,65-62+. The second kappa shape index (κ2) is 26.4. The molecule has 0 fully saturated rings. The van der Waals surface area contributed by atoms with E-state index in [1.807, 2.05) is 12.1 Å². The van der Waals surface area contributed by atoms with Crippen molar-refractivity contribution in [1.82, 2.24) is 19.9 Å². The summed E-state index contributed by atoms with van der Waals surface area (Å²) in [4.78, 5) is 11.8. The van der Waals surface area contributed by atoms with Crippen molar-refractivity contribution in [3.63, 3.8) is 0 Å². The highest BCUT2D eigenvalue weighted by Crippen LogP contribution is 2.49. The van der Waals surface area contributed by atoms with Gasteiger partial charge in [0.15, 0.2) is 22.9 Å². The summed E-state index contributed by atoms with van der Waals surface area (Å²) in [6, 6.07) is 18.3. The first-order chi connectivity index (χ1) is 42.0. The SMILES string of the molecule is Cc1c(C#N)c(Nc2ccc(Cl)c(S(=O)(=O)O)c2)nc(Nc2ccc(Cl)c(S(=O)(=O)O)c2)c1N=Nc1sc(/N=N/c2cc(S(=O)(=O)O)c3cc(S(=O)(=O)O)cc(S(=O)(=O)O)c3c2)c(-c2ccc(Nc3nc(NCC(O)O)nc(NCC(O)CO)n3)cc2)c1C#N. The number of azo groups is 2. The normalized spacial score (nSPS) is 12.7. The van der Waals surface area contributed by atoms with Crippen LogP contribution in [0.15, 0.2) is 130 Å². The lowest BCUT2D eigenvalue weighted by Gasteiger charge is -2.16. The van der Waals surface area contributed by atoms with Crippen LogP contribution in [0.2, 0.25) is 10.0 Å². The molecule has 0 saturated heterocycles. The number of fused-ring (bicyclic) bond motifs is 1. The molecule has 34 nitrogen and oxygen atoms in total. The minimum absolute atomic E-state index is 0.0656. The number of aliphatic hydroxyl groups is 4. The Bertz CT molecular complexity index is 4980. The summed E-state index contributed by atoms with van der Waals surface area (Å²) in [6.07, 6.45) is -3.08. The van der Waals surface area contributed by atoms with Crippen molar-refractivity contribution in [2.45, 2.75) is 43.8 Å². The van der Waals surface area contributed by atoms with E-state index in [2.05, 4.69) is 67.0 Å². The van der Waals surface area contributed by atoms with Crippen LogP contribution in [0, 0.1) is 29.6 Å². The van der Waals surface area contributed by atoms with Crippen LogP contribution in [0.5, 0.6) is 0 Å². The van der Waals surface area contributed by atoms with Gasteiger partial charge in [-0.2, -0.15) is 67.6 Å². The lowest BCUT2D eigenvalue weighted by Crippen LogP contribution is -2.25. The van der Waals surface area contributed by atoms with Gasteiger partial charge >= 0.3 is 0 Å². The highest BCUT2D eigenvalue weighted by Gasteiger charge is 2.28. The van der Waals surface area contributed by atoms with Crippen molar-refractivity contribution in [2.75, 3.05) is 46.3 Å². The van der Waals surface area contributed by atoms with Crippen molar-refractivity contribution < 1.29 is 85.3 Å². The monoisotopic (exact) mass is 1390 g/mol. The first-order valence-electron chi connectivity index (χ1n) is 24.3.